The lowest BCUT2D eigenvalue weighted by atomic mass is 10.2. The molecule has 0 aliphatic rings. The van der Waals surface area contributed by atoms with Crippen molar-refractivity contribution in [2.75, 3.05) is 17.3 Å². The highest BCUT2D eigenvalue weighted by Gasteiger charge is 2.17. The van der Waals surface area contributed by atoms with Crippen LogP contribution < -0.4 is 10.1 Å². The third kappa shape index (κ3) is 6.12. The molecule has 1 aromatic rings. The topological polar surface area (TPSA) is 81.5 Å². The van der Waals surface area contributed by atoms with Crippen LogP contribution >= 0.6 is 0 Å². The Kier molecular flexibility index (Phi) is 6.61. The zero-order chi connectivity index (χ0) is 16.0. The molecule has 0 fully saturated rings. The van der Waals surface area contributed by atoms with Gasteiger partial charge in [0.05, 0.1) is 11.0 Å². The summed E-state index contributed by atoms with van der Waals surface area (Å²) in [5.74, 6) is 0.877. The van der Waals surface area contributed by atoms with E-state index in [-0.39, 0.29) is 23.6 Å². The highest BCUT2D eigenvalue weighted by atomic mass is 32.2. The first-order valence-electron chi connectivity index (χ1n) is 6.81. The maximum atomic E-state index is 11.1. The molecule has 2 atom stereocenters. The van der Waals surface area contributed by atoms with E-state index in [0.29, 0.717) is 5.75 Å². The van der Waals surface area contributed by atoms with Crippen molar-refractivity contribution in [1.82, 2.24) is 0 Å². The Morgan fingerprint density at radius 2 is 2.05 bits per heavy atom. The van der Waals surface area contributed by atoms with Gasteiger partial charge in [0, 0.05) is 46.7 Å². The van der Waals surface area contributed by atoms with Crippen molar-refractivity contribution in [3.8, 4) is 5.75 Å². The summed E-state index contributed by atoms with van der Waals surface area (Å²) in [7, 11) is -0.820. The van der Waals surface area contributed by atoms with Crippen LogP contribution in [0.5, 0.6) is 5.75 Å². The molecule has 1 aromatic carbocycles. The Labute approximate surface area is 127 Å². The molecule has 21 heavy (non-hydrogen) atoms. The number of rotatable bonds is 8. The van der Waals surface area contributed by atoms with E-state index in [9.17, 15) is 14.3 Å². The lowest BCUT2D eigenvalue weighted by Crippen LogP contribution is -2.18. The van der Waals surface area contributed by atoms with Crippen LogP contribution in [0.2, 0.25) is 0 Å². The molecule has 1 N–H and O–H groups in total. The number of hydrogen-bond donors (Lipinski definition) is 1. The van der Waals surface area contributed by atoms with Gasteiger partial charge in [0.2, 0.25) is 0 Å². The van der Waals surface area contributed by atoms with Crippen LogP contribution in [0, 0.1) is 10.1 Å². The minimum atomic E-state index is -0.820. The van der Waals surface area contributed by atoms with Gasteiger partial charge in [-0.05, 0) is 33.3 Å². The lowest BCUT2D eigenvalue weighted by molar-refractivity contribution is -0.386. The fourth-order valence-electron chi connectivity index (χ4n) is 1.80. The number of nitro groups is 1. The molecule has 0 aromatic heterocycles. The number of benzene rings is 1. The molecule has 0 spiro atoms. The van der Waals surface area contributed by atoms with Crippen molar-refractivity contribution in [2.45, 2.75) is 39.3 Å². The molecular weight excluding hydrogens is 292 g/mol. The number of nitro benzene ring substituents is 1. The molecule has 0 heterocycles. The van der Waals surface area contributed by atoms with E-state index in [2.05, 4.69) is 5.32 Å². The summed E-state index contributed by atoms with van der Waals surface area (Å²) < 4.78 is 16.6. The Morgan fingerprint density at radius 1 is 1.38 bits per heavy atom. The third-order valence-electron chi connectivity index (χ3n) is 2.77. The van der Waals surface area contributed by atoms with Crippen molar-refractivity contribution < 1.29 is 13.9 Å². The number of nitrogens with zero attached hydrogens (tertiary/aromatic N) is 1. The van der Waals surface area contributed by atoms with Crippen molar-refractivity contribution in [1.29, 1.82) is 0 Å². The molecule has 0 amide bonds. The van der Waals surface area contributed by atoms with Crippen molar-refractivity contribution in [3.05, 3.63) is 28.3 Å². The minimum absolute atomic E-state index is 0.0448. The Hall–Kier alpha value is -1.63. The fourth-order valence-corrected chi connectivity index (χ4v) is 2.49. The van der Waals surface area contributed by atoms with Gasteiger partial charge in [0.15, 0.2) is 5.75 Å². The van der Waals surface area contributed by atoms with Crippen LogP contribution in [0.15, 0.2) is 18.2 Å². The normalized spacial score (nSPS) is 13.8. The summed E-state index contributed by atoms with van der Waals surface area (Å²) >= 11 is 0. The monoisotopic (exact) mass is 314 g/mol. The second-order valence-corrected chi connectivity index (χ2v) is 6.77. The molecule has 0 bridgehead atoms. The summed E-state index contributed by atoms with van der Waals surface area (Å²) in [4.78, 5) is 10.5. The first-order valence-corrected chi connectivity index (χ1v) is 8.54. The van der Waals surface area contributed by atoms with E-state index in [4.69, 9.17) is 4.74 Å². The van der Waals surface area contributed by atoms with Crippen molar-refractivity contribution in [3.63, 3.8) is 0 Å². The molecule has 0 saturated heterocycles. The minimum Gasteiger partial charge on any atom is -0.484 e. The zero-order valence-electron chi connectivity index (χ0n) is 12.8. The Balaban J connectivity index is 2.84. The standard InChI is InChI=1S/C14H22N2O4S/c1-10(2)20-14-9-12(5-6-13(14)16(17)18)15-11(3)7-8-21(4)19/h5-6,9-11,15H,7-8H2,1-4H3. The average molecular weight is 314 g/mol. The number of hydrogen-bond acceptors (Lipinski definition) is 5. The van der Waals surface area contributed by atoms with Crippen LogP contribution in [0.25, 0.3) is 0 Å². The largest absolute Gasteiger partial charge is 0.484 e. The van der Waals surface area contributed by atoms with Gasteiger partial charge in [-0.15, -0.1) is 0 Å². The van der Waals surface area contributed by atoms with Crippen molar-refractivity contribution >= 4 is 22.2 Å². The van der Waals surface area contributed by atoms with Gasteiger partial charge in [-0.25, -0.2) is 0 Å². The molecule has 0 aliphatic carbocycles. The zero-order valence-corrected chi connectivity index (χ0v) is 13.6. The first kappa shape index (κ1) is 17.4. The number of nitrogens with one attached hydrogen (secondary N) is 1. The fraction of sp³-hybridized carbons (Fsp3) is 0.571. The second kappa shape index (κ2) is 7.97. The molecule has 0 saturated carbocycles. The molecule has 6 nitrogen and oxygen atoms in total. The molecule has 118 valence electrons. The van der Waals surface area contributed by atoms with Crippen LogP contribution in [0.3, 0.4) is 0 Å². The summed E-state index contributed by atoms with van der Waals surface area (Å²) in [6.07, 6.45) is 2.30. The van der Waals surface area contributed by atoms with E-state index in [1.165, 1.54) is 6.07 Å². The predicted molar refractivity (Wildman–Crippen MR) is 85.5 cm³/mol. The maximum Gasteiger partial charge on any atom is 0.311 e. The van der Waals surface area contributed by atoms with E-state index in [1.54, 1.807) is 18.4 Å². The van der Waals surface area contributed by atoms with Gasteiger partial charge in [0.25, 0.3) is 0 Å². The molecule has 2 unspecified atom stereocenters. The molecule has 0 radical (unpaired) electrons. The Morgan fingerprint density at radius 3 is 2.57 bits per heavy atom. The van der Waals surface area contributed by atoms with Crippen molar-refractivity contribution in [2.24, 2.45) is 0 Å². The van der Waals surface area contributed by atoms with Crippen LogP contribution in [-0.2, 0) is 10.8 Å². The molecule has 7 heteroatoms. The quantitative estimate of drug-likeness (QED) is 0.589. The van der Waals surface area contributed by atoms with Gasteiger partial charge < -0.3 is 10.1 Å². The van der Waals surface area contributed by atoms with Gasteiger partial charge in [-0.3, -0.25) is 14.3 Å². The molecule has 1 rings (SSSR count). The van der Waals surface area contributed by atoms with Crippen LogP contribution in [0.1, 0.15) is 27.2 Å². The third-order valence-corrected chi connectivity index (χ3v) is 3.58. The van der Waals surface area contributed by atoms with Gasteiger partial charge in [-0.1, -0.05) is 0 Å². The smallest absolute Gasteiger partial charge is 0.311 e. The van der Waals surface area contributed by atoms with E-state index in [0.717, 1.165) is 12.1 Å². The number of anilines is 1. The Bertz CT molecular complexity index is 520. The van der Waals surface area contributed by atoms with Gasteiger partial charge in [0.1, 0.15) is 0 Å². The summed E-state index contributed by atoms with van der Waals surface area (Å²) in [5.41, 5.74) is 0.710. The molecular formula is C14H22N2O4S. The van der Waals surface area contributed by atoms with Crippen LogP contribution in [0.4, 0.5) is 11.4 Å². The second-order valence-electron chi connectivity index (χ2n) is 5.22. The lowest BCUT2D eigenvalue weighted by Gasteiger charge is -2.16. The van der Waals surface area contributed by atoms with Gasteiger partial charge >= 0.3 is 5.69 Å². The predicted octanol–water partition coefficient (Wildman–Crippen LogP) is 2.95. The highest BCUT2D eigenvalue weighted by molar-refractivity contribution is 7.84. The SMILES string of the molecule is CC(CCS(C)=O)Nc1ccc([N+](=O)[O-])c(OC(C)C)c1. The summed E-state index contributed by atoms with van der Waals surface area (Å²) in [5, 5.41) is 14.2. The van der Waals surface area contributed by atoms with Crippen LogP contribution in [-0.4, -0.2) is 33.3 Å². The first-order chi connectivity index (χ1) is 9.79. The number of ether oxygens (including phenoxy) is 1. The van der Waals surface area contributed by atoms with Gasteiger partial charge in [-0.2, -0.15) is 0 Å². The average Bonchev–Trinajstić information content (AvgIpc) is 2.35. The molecule has 0 aliphatic heterocycles. The van der Waals surface area contributed by atoms with E-state index < -0.39 is 15.7 Å². The summed E-state index contributed by atoms with van der Waals surface area (Å²) in [6, 6.07) is 4.86. The maximum absolute atomic E-state index is 11.1. The van der Waals surface area contributed by atoms with E-state index in [1.807, 2.05) is 20.8 Å². The highest BCUT2D eigenvalue weighted by Crippen LogP contribution is 2.31. The summed E-state index contributed by atoms with van der Waals surface area (Å²) in [6.45, 7) is 5.63. The van der Waals surface area contributed by atoms with E-state index >= 15 is 0 Å².